The van der Waals surface area contributed by atoms with Gasteiger partial charge < -0.3 is 15.4 Å². The minimum atomic E-state index is -0.370. The molecule has 0 radical (unpaired) electrons. The molecule has 0 saturated carbocycles. The summed E-state index contributed by atoms with van der Waals surface area (Å²) in [6, 6.07) is 5.90. The molecule has 1 aromatic carbocycles. The lowest BCUT2D eigenvalue weighted by Gasteiger charge is -2.34. The molecule has 2 N–H and O–H groups in total. The standard InChI is InChI=1S/C15H21FN2O2/c1-11(17)12-4-3-7-18(9-12)15(19)10-20-14-6-2-5-13(16)8-14/h2,5-6,8,11-12H,3-4,7,9-10,17H2,1H3/t11-,12+/m0/s1. The Morgan fingerprint density at radius 3 is 3.10 bits per heavy atom. The molecule has 20 heavy (non-hydrogen) atoms. The number of ether oxygens (including phenoxy) is 1. The molecule has 0 spiro atoms. The summed E-state index contributed by atoms with van der Waals surface area (Å²) in [4.78, 5) is 13.9. The van der Waals surface area contributed by atoms with Gasteiger partial charge in [0, 0.05) is 25.2 Å². The molecule has 1 aliphatic rings. The molecule has 1 fully saturated rings. The number of amides is 1. The third kappa shape index (κ3) is 3.93. The summed E-state index contributed by atoms with van der Waals surface area (Å²) in [6.45, 7) is 3.34. The maximum Gasteiger partial charge on any atom is 0.260 e. The molecule has 1 saturated heterocycles. The Balaban J connectivity index is 1.85. The maximum absolute atomic E-state index is 13.0. The summed E-state index contributed by atoms with van der Waals surface area (Å²) in [5.74, 6) is 0.283. The number of nitrogens with zero attached hydrogens (tertiary/aromatic N) is 1. The molecule has 0 unspecified atom stereocenters. The Hall–Kier alpha value is -1.62. The van der Waals surface area contributed by atoms with Gasteiger partial charge in [-0.1, -0.05) is 6.07 Å². The second-order valence-corrected chi connectivity index (χ2v) is 5.35. The Bertz CT molecular complexity index is 465. The van der Waals surface area contributed by atoms with Crippen molar-refractivity contribution in [2.24, 2.45) is 11.7 Å². The molecule has 0 aliphatic carbocycles. The van der Waals surface area contributed by atoms with Crippen molar-refractivity contribution in [1.29, 1.82) is 0 Å². The van der Waals surface area contributed by atoms with Gasteiger partial charge in [0.2, 0.25) is 0 Å². The van der Waals surface area contributed by atoms with Crippen LogP contribution in [0.1, 0.15) is 19.8 Å². The summed E-state index contributed by atoms with van der Waals surface area (Å²) in [5.41, 5.74) is 5.90. The molecule has 2 atom stereocenters. The normalized spacial score (nSPS) is 20.6. The van der Waals surface area contributed by atoms with Gasteiger partial charge in [0.15, 0.2) is 6.61 Å². The first-order chi connectivity index (χ1) is 9.56. The van der Waals surface area contributed by atoms with Crippen molar-refractivity contribution in [2.45, 2.75) is 25.8 Å². The van der Waals surface area contributed by atoms with Crippen molar-refractivity contribution in [2.75, 3.05) is 19.7 Å². The van der Waals surface area contributed by atoms with Crippen LogP contribution >= 0.6 is 0 Å². The number of halogens is 1. The summed E-state index contributed by atoms with van der Waals surface area (Å²) < 4.78 is 18.3. The Morgan fingerprint density at radius 1 is 1.60 bits per heavy atom. The number of carbonyl (C=O) groups excluding carboxylic acids is 1. The number of nitrogens with two attached hydrogens (primary N) is 1. The molecule has 1 aromatic rings. The number of benzene rings is 1. The van der Waals surface area contributed by atoms with Crippen LogP contribution in [0, 0.1) is 11.7 Å². The predicted molar refractivity (Wildman–Crippen MR) is 74.8 cm³/mol. The van der Waals surface area contributed by atoms with E-state index in [9.17, 15) is 9.18 Å². The monoisotopic (exact) mass is 280 g/mol. The summed E-state index contributed by atoms with van der Waals surface area (Å²) in [5, 5.41) is 0. The molecule has 1 heterocycles. The van der Waals surface area contributed by atoms with Crippen molar-refractivity contribution in [3.63, 3.8) is 0 Å². The number of hydrogen-bond acceptors (Lipinski definition) is 3. The Labute approximate surface area is 118 Å². The van der Waals surface area contributed by atoms with Gasteiger partial charge in [-0.2, -0.15) is 0 Å². The van der Waals surface area contributed by atoms with Crippen LogP contribution < -0.4 is 10.5 Å². The SMILES string of the molecule is C[C@H](N)[C@@H]1CCCN(C(=O)COc2cccc(F)c2)C1. The lowest BCUT2D eigenvalue weighted by atomic mass is 9.92. The third-order valence-electron chi connectivity index (χ3n) is 3.71. The zero-order valence-corrected chi connectivity index (χ0v) is 11.7. The fourth-order valence-electron chi connectivity index (χ4n) is 2.46. The van der Waals surface area contributed by atoms with Crippen LogP contribution in [0.15, 0.2) is 24.3 Å². The Kier molecular flexibility index (Phi) is 4.95. The van der Waals surface area contributed by atoms with Gasteiger partial charge in [-0.25, -0.2) is 4.39 Å². The predicted octanol–water partition coefficient (Wildman–Crippen LogP) is 1.79. The largest absolute Gasteiger partial charge is 0.484 e. The van der Waals surface area contributed by atoms with Crippen LogP contribution in [0.5, 0.6) is 5.75 Å². The topological polar surface area (TPSA) is 55.6 Å². The molecule has 5 heteroatoms. The molecule has 1 amide bonds. The van der Waals surface area contributed by atoms with Gasteiger partial charge in [-0.05, 0) is 37.8 Å². The van der Waals surface area contributed by atoms with Gasteiger partial charge in [0.25, 0.3) is 5.91 Å². The summed E-state index contributed by atoms with van der Waals surface area (Å²) in [7, 11) is 0. The molecule has 1 aliphatic heterocycles. The van der Waals surface area contributed by atoms with Crippen LogP contribution in [0.3, 0.4) is 0 Å². The molecule has 2 rings (SSSR count). The van der Waals surface area contributed by atoms with E-state index in [1.165, 1.54) is 12.1 Å². The lowest BCUT2D eigenvalue weighted by Crippen LogP contribution is -2.46. The molecular formula is C15H21FN2O2. The van der Waals surface area contributed by atoms with E-state index in [1.807, 2.05) is 6.92 Å². The van der Waals surface area contributed by atoms with E-state index in [4.69, 9.17) is 10.5 Å². The van der Waals surface area contributed by atoms with Crippen LogP contribution in [-0.2, 0) is 4.79 Å². The second-order valence-electron chi connectivity index (χ2n) is 5.35. The third-order valence-corrected chi connectivity index (χ3v) is 3.71. The van der Waals surface area contributed by atoms with E-state index < -0.39 is 0 Å². The van der Waals surface area contributed by atoms with Crippen LogP contribution in [0.4, 0.5) is 4.39 Å². The molecule has 0 aromatic heterocycles. The number of piperidine rings is 1. The number of carbonyl (C=O) groups is 1. The average molecular weight is 280 g/mol. The maximum atomic E-state index is 13.0. The first-order valence-electron chi connectivity index (χ1n) is 6.98. The highest BCUT2D eigenvalue weighted by atomic mass is 19.1. The first-order valence-corrected chi connectivity index (χ1v) is 6.98. The minimum absolute atomic E-state index is 0.0604. The van der Waals surface area contributed by atoms with Crippen molar-refractivity contribution in [3.05, 3.63) is 30.1 Å². The van der Waals surface area contributed by atoms with Crippen LogP contribution in [0.2, 0.25) is 0 Å². The highest BCUT2D eigenvalue weighted by Gasteiger charge is 2.25. The summed E-state index contributed by atoms with van der Waals surface area (Å²) in [6.07, 6.45) is 2.03. The molecule has 4 nitrogen and oxygen atoms in total. The molecule has 110 valence electrons. The zero-order chi connectivity index (χ0) is 14.5. The zero-order valence-electron chi connectivity index (χ0n) is 11.7. The van der Waals surface area contributed by atoms with E-state index in [0.29, 0.717) is 18.2 Å². The molecular weight excluding hydrogens is 259 g/mol. The van der Waals surface area contributed by atoms with Gasteiger partial charge in [-0.15, -0.1) is 0 Å². The van der Waals surface area contributed by atoms with Crippen molar-refractivity contribution < 1.29 is 13.9 Å². The number of likely N-dealkylation sites (tertiary alicyclic amines) is 1. The quantitative estimate of drug-likeness (QED) is 0.915. The Morgan fingerprint density at radius 2 is 2.40 bits per heavy atom. The van der Waals surface area contributed by atoms with Crippen molar-refractivity contribution in [3.8, 4) is 5.75 Å². The van der Waals surface area contributed by atoms with E-state index in [1.54, 1.807) is 17.0 Å². The number of rotatable bonds is 4. The van der Waals surface area contributed by atoms with E-state index in [2.05, 4.69) is 0 Å². The van der Waals surface area contributed by atoms with Gasteiger partial charge >= 0.3 is 0 Å². The van der Waals surface area contributed by atoms with Crippen molar-refractivity contribution in [1.82, 2.24) is 4.90 Å². The lowest BCUT2D eigenvalue weighted by molar-refractivity contribution is -0.135. The first kappa shape index (κ1) is 14.8. The minimum Gasteiger partial charge on any atom is -0.484 e. The van der Waals surface area contributed by atoms with Gasteiger partial charge in [-0.3, -0.25) is 4.79 Å². The highest BCUT2D eigenvalue weighted by Crippen LogP contribution is 2.19. The second kappa shape index (κ2) is 6.70. The fourth-order valence-corrected chi connectivity index (χ4v) is 2.46. The molecule has 0 bridgehead atoms. The highest BCUT2D eigenvalue weighted by molar-refractivity contribution is 5.77. The number of hydrogen-bond donors (Lipinski definition) is 1. The van der Waals surface area contributed by atoms with E-state index in [-0.39, 0.29) is 24.4 Å². The van der Waals surface area contributed by atoms with Crippen LogP contribution in [-0.4, -0.2) is 36.5 Å². The van der Waals surface area contributed by atoms with Gasteiger partial charge in [0.1, 0.15) is 11.6 Å². The van der Waals surface area contributed by atoms with Crippen molar-refractivity contribution >= 4 is 5.91 Å². The fraction of sp³-hybridized carbons (Fsp3) is 0.533. The van der Waals surface area contributed by atoms with Crippen LogP contribution in [0.25, 0.3) is 0 Å². The smallest absolute Gasteiger partial charge is 0.260 e. The van der Waals surface area contributed by atoms with E-state index >= 15 is 0 Å². The van der Waals surface area contributed by atoms with Gasteiger partial charge in [0.05, 0.1) is 0 Å². The van der Waals surface area contributed by atoms with E-state index in [0.717, 1.165) is 19.4 Å². The average Bonchev–Trinajstić information content (AvgIpc) is 2.45. The summed E-state index contributed by atoms with van der Waals surface area (Å²) >= 11 is 0.